The van der Waals surface area contributed by atoms with Crippen LogP contribution in [0.2, 0.25) is 0 Å². The Morgan fingerprint density at radius 1 is 1.26 bits per heavy atom. The lowest BCUT2D eigenvalue weighted by atomic mass is 9.83. The van der Waals surface area contributed by atoms with Crippen LogP contribution in [0.15, 0.2) is 18.3 Å². The van der Waals surface area contributed by atoms with Crippen molar-refractivity contribution < 1.29 is 4.92 Å². The zero-order valence-electron chi connectivity index (χ0n) is 15.4. The van der Waals surface area contributed by atoms with E-state index in [-0.39, 0.29) is 17.5 Å². The predicted octanol–water partition coefficient (Wildman–Crippen LogP) is 2.34. The van der Waals surface area contributed by atoms with Gasteiger partial charge in [-0.25, -0.2) is 4.98 Å². The Morgan fingerprint density at radius 3 is 2.63 bits per heavy atom. The van der Waals surface area contributed by atoms with E-state index in [1.54, 1.807) is 6.20 Å². The summed E-state index contributed by atoms with van der Waals surface area (Å²) in [4.78, 5) is 23.7. The predicted molar refractivity (Wildman–Crippen MR) is 103 cm³/mol. The molecule has 0 atom stereocenters. The fourth-order valence-electron chi connectivity index (χ4n) is 3.39. The molecule has 0 radical (unpaired) electrons. The van der Waals surface area contributed by atoms with Crippen LogP contribution in [0.4, 0.5) is 17.5 Å². The first kappa shape index (κ1) is 19.0. The molecule has 27 heavy (non-hydrogen) atoms. The molecule has 2 aromatic rings. The van der Waals surface area contributed by atoms with Gasteiger partial charge in [-0.2, -0.15) is 4.98 Å². The maximum Gasteiger partial charge on any atom is 0.332 e. The molecule has 2 aromatic heterocycles. The van der Waals surface area contributed by atoms with E-state index in [9.17, 15) is 10.1 Å². The maximum absolute atomic E-state index is 11.5. The Hall–Kier alpha value is -2.81. The Morgan fingerprint density at radius 2 is 2.00 bits per heavy atom. The number of nitrogen functional groups attached to an aromatic ring is 1. The lowest BCUT2D eigenvalue weighted by molar-refractivity contribution is -0.385. The standard InChI is InChI=1S/C18H25N7O2/c1-11-2-3-13(9-21-11)10-22-18-23-15(16(25(26)27)17(20)24-18)8-12-4-6-14(19)7-5-12/h2-3,9,12,14H,4-8,10,19H2,1H3,(H3,20,22,23,24). The molecule has 9 nitrogen and oxygen atoms in total. The zero-order valence-corrected chi connectivity index (χ0v) is 15.4. The molecule has 0 spiro atoms. The quantitative estimate of drug-likeness (QED) is 0.518. The Kier molecular flexibility index (Phi) is 5.80. The molecule has 0 aliphatic heterocycles. The molecule has 0 bridgehead atoms. The molecule has 5 N–H and O–H groups in total. The van der Waals surface area contributed by atoms with Gasteiger partial charge in [0.2, 0.25) is 11.8 Å². The summed E-state index contributed by atoms with van der Waals surface area (Å²) in [6.45, 7) is 2.38. The van der Waals surface area contributed by atoms with Crippen LogP contribution in [0.3, 0.4) is 0 Å². The van der Waals surface area contributed by atoms with E-state index in [0.29, 0.717) is 30.5 Å². The molecular weight excluding hydrogens is 346 g/mol. The number of nitro groups is 1. The fourth-order valence-corrected chi connectivity index (χ4v) is 3.39. The van der Waals surface area contributed by atoms with Crippen molar-refractivity contribution in [1.82, 2.24) is 15.0 Å². The van der Waals surface area contributed by atoms with E-state index in [1.807, 2.05) is 19.1 Å². The highest BCUT2D eigenvalue weighted by molar-refractivity contribution is 5.58. The third-order valence-electron chi connectivity index (χ3n) is 4.96. The SMILES string of the molecule is Cc1ccc(CNc2nc(N)c([N+](=O)[O-])c(CC3CCC(N)CC3)n2)cn1. The van der Waals surface area contributed by atoms with Crippen molar-refractivity contribution in [3.8, 4) is 0 Å². The lowest BCUT2D eigenvalue weighted by Gasteiger charge is -2.25. The van der Waals surface area contributed by atoms with Crippen molar-refractivity contribution in [2.45, 2.75) is 51.6 Å². The van der Waals surface area contributed by atoms with Crippen LogP contribution in [-0.2, 0) is 13.0 Å². The Bertz CT molecular complexity index is 802. The highest BCUT2D eigenvalue weighted by Gasteiger charge is 2.27. The molecule has 0 aromatic carbocycles. The minimum Gasteiger partial charge on any atom is -0.378 e. The summed E-state index contributed by atoms with van der Waals surface area (Å²) in [6, 6.07) is 4.10. The topological polar surface area (TPSA) is 146 Å². The molecular formula is C18H25N7O2. The van der Waals surface area contributed by atoms with Gasteiger partial charge in [-0.3, -0.25) is 15.1 Å². The first-order valence-electron chi connectivity index (χ1n) is 9.14. The van der Waals surface area contributed by atoms with Gasteiger partial charge in [0, 0.05) is 24.5 Å². The number of aromatic nitrogens is 3. The molecule has 3 rings (SSSR count). The lowest BCUT2D eigenvalue weighted by Crippen LogP contribution is -2.27. The zero-order chi connectivity index (χ0) is 19.4. The van der Waals surface area contributed by atoms with Crippen molar-refractivity contribution in [2.24, 2.45) is 11.7 Å². The van der Waals surface area contributed by atoms with Crippen LogP contribution < -0.4 is 16.8 Å². The van der Waals surface area contributed by atoms with Gasteiger partial charge in [-0.1, -0.05) is 6.07 Å². The summed E-state index contributed by atoms with van der Waals surface area (Å²) in [5.74, 6) is 0.509. The van der Waals surface area contributed by atoms with Crippen molar-refractivity contribution in [1.29, 1.82) is 0 Å². The number of nitrogens with zero attached hydrogens (tertiary/aromatic N) is 4. The maximum atomic E-state index is 11.5. The van der Waals surface area contributed by atoms with E-state index >= 15 is 0 Å². The van der Waals surface area contributed by atoms with E-state index in [2.05, 4.69) is 20.3 Å². The number of aryl methyl sites for hydroxylation is 1. The Labute approximate surface area is 157 Å². The van der Waals surface area contributed by atoms with E-state index in [4.69, 9.17) is 11.5 Å². The molecule has 0 amide bonds. The molecule has 1 aliphatic carbocycles. The van der Waals surface area contributed by atoms with Crippen LogP contribution in [0, 0.1) is 23.0 Å². The van der Waals surface area contributed by atoms with Crippen molar-refractivity contribution >= 4 is 17.5 Å². The molecule has 0 saturated heterocycles. The minimum absolute atomic E-state index is 0.109. The van der Waals surface area contributed by atoms with E-state index in [1.165, 1.54) is 0 Å². The summed E-state index contributed by atoms with van der Waals surface area (Å²) in [6.07, 6.45) is 6.04. The minimum atomic E-state index is -0.493. The highest BCUT2D eigenvalue weighted by Crippen LogP contribution is 2.31. The van der Waals surface area contributed by atoms with Crippen LogP contribution in [0.1, 0.15) is 42.6 Å². The van der Waals surface area contributed by atoms with Gasteiger partial charge >= 0.3 is 5.69 Å². The first-order chi connectivity index (χ1) is 12.9. The average Bonchev–Trinajstić information content (AvgIpc) is 2.62. The second kappa shape index (κ2) is 8.26. The third-order valence-corrected chi connectivity index (χ3v) is 4.96. The summed E-state index contributed by atoms with van der Waals surface area (Å²) in [5, 5.41) is 14.5. The summed E-state index contributed by atoms with van der Waals surface area (Å²) >= 11 is 0. The van der Waals surface area contributed by atoms with E-state index < -0.39 is 4.92 Å². The number of nitrogens with two attached hydrogens (primary N) is 2. The van der Waals surface area contributed by atoms with Gasteiger partial charge in [0.1, 0.15) is 5.69 Å². The second-order valence-corrected chi connectivity index (χ2v) is 7.13. The Balaban J connectivity index is 1.77. The first-order valence-corrected chi connectivity index (χ1v) is 9.14. The van der Waals surface area contributed by atoms with Crippen molar-refractivity contribution in [2.75, 3.05) is 11.1 Å². The monoisotopic (exact) mass is 371 g/mol. The van der Waals surface area contributed by atoms with Crippen LogP contribution in [-0.4, -0.2) is 25.9 Å². The van der Waals surface area contributed by atoms with Gasteiger partial charge in [-0.05, 0) is 56.6 Å². The number of hydrogen-bond donors (Lipinski definition) is 3. The van der Waals surface area contributed by atoms with Gasteiger partial charge in [0.05, 0.1) is 4.92 Å². The van der Waals surface area contributed by atoms with Gasteiger partial charge < -0.3 is 16.8 Å². The third kappa shape index (κ3) is 4.88. The smallest absolute Gasteiger partial charge is 0.332 e. The average molecular weight is 371 g/mol. The molecule has 1 saturated carbocycles. The largest absolute Gasteiger partial charge is 0.378 e. The second-order valence-electron chi connectivity index (χ2n) is 7.13. The molecule has 1 fully saturated rings. The molecule has 2 heterocycles. The molecule has 1 aliphatic rings. The van der Waals surface area contributed by atoms with E-state index in [0.717, 1.165) is 36.9 Å². The number of hydrogen-bond acceptors (Lipinski definition) is 8. The van der Waals surface area contributed by atoms with Gasteiger partial charge in [0.15, 0.2) is 0 Å². The highest BCUT2D eigenvalue weighted by atomic mass is 16.6. The number of pyridine rings is 1. The molecule has 9 heteroatoms. The summed E-state index contributed by atoms with van der Waals surface area (Å²) in [7, 11) is 0. The molecule has 0 unspecified atom stereocenters. The summed E-state index contributed by atoms with van der Waals surface area (Å²) in [5.41, 5.74) is 13.9. The van der Waals surface area contributed by atoms with Crippen LogP contribution in [0.25, 0.3) is 0 Å². The van der Waals surface area contributed by atoms with Crippen molar-refractivity contribution in [3.05, 3.63) is 45.4 Å². The van der Waals surface area contributed by atoms with Crippen molar-refractivity contribution in [3.63, 3.8) is 0 Å². The summed E-state index contributed by atoms with van der Waals surface area (Å²) < 4.78 is 0. The van der Waals surface area contributed by atoms with Gasteiger partial charge in [-0.15, -0.1) is 0 Å². The number of nitrogens with one attached hydrogen (secondary N) is 1. The number of rotatable bonds is 6. The van der Waals surface area contributed by atoms with Crippen LogP contribution >= 0.6 is 0 Å². The fraction of sp³-hybridized carbons (Fsp3) is 0.500. The van der Waals surface area contributed by atoms with Gasteiger partial charge in [0.25, 0.3) is 0 Å². The molecule has 144 valence electrons. The number of anilines is 2. The van der Waals surface area contributed by atoms with Crippen LogP contribution in [0.5, 0.6) is 0 Å². The normalized spacial score (nSPS) is 19.6.